The Labute approximate surface area is 92.5 Å². The van der Waals surface area contributed by atoms with Crippen LogP contribution in [0.1, 0.15) is 18.2 Å². The van der Waals surface area contributed by atoms with Crippen LogP contribution in [0.4, 0.5) is 0 Å². The van der Waals surface area contributed by atoms with Crippen molar-refractivity contribution in [2.45, 2.75) is 20.4 Å². The molecule has 0 aromatic carbocycles. The van der Waals surface area contributed by atoms with E-state index in [0.29, 0.717) is 0 Å². The molecule has 1 aromatic rings. The summed E-state index contributed by atoms with van der Waals surface area (Å²) in [5, 5.41) is 3.42. The van der Waals surface area contributed by atoms with E-state index in [2.05, 4.69) is 41.3 Å². The third-order valence-electron chi connectivity index (χ3n) is 2.50. The highest BCUT2D eigenvalue weighted by Gasteiger charge is 1.95. The molecular weight excluding hydrogens is 186 g/mol. The molecule has 0 saturated heterocycles. The van der Waals surface area contributed by atoms with Gasteiger partial charge in [0.2, 0.25) is 0 Å². The van der Waals surface area contributed by atoms with Gasteiger partial charge in [-0.15, -0.1) is 0 Å². The van der Waals surface area contributed by atoms with Crippen molar-refractivity contribution in [1.29, 1.82) is 0 Å². The van der Waals surface area contributed by atoms with Gasteiger partial charge in [-0.2, -0.15) is 0 Å². The molecule has 0 saturated carbocycles. The maximum Gasteiger partial charge on any atom is 0.0375 e. The summed E-state index contributed by atoms with van der Waals surface area (Å²) < 4.78 is 0. The predicted molar refractivity (Wildman–Crippen MR) is 63.9 cm³/mol. The summed E-state index contributed by atoms with van der Waals surface area (Å²) in [6.45, 7) is 8.36. The molecule has 15 heavy (non-hydrogen) atoms. The van der Waals surface area contributed by atoms with Gasteiger partial charge in [-0.3, -0.25) is 4.98 Å². The van der Waals surface area contributed by atoms with Crippen molar-refractivity contribution in [2.24, 2.45) is 0 Å². The highest BCUT2D eigenvalue weighted by molar-refractivity contribution is 5.14. The first-order valence-electron chi connectivity index (χ1n) is 5.53. The van der Waals surface area contributed by atoms with E-state index in [0.717, 1.165) is 31.9 Å². The molecule has 0 amide bonds. The Hall–Kier alpha value is -0.930. The van der Waals surface area contributed by atoms with E-state index in [-0.39, 0.29) is 0 Å². The molecule has 0 aliphatic heterocycles. The maximum atomic E-state index is 4.17. The van der Waals surface area contributed by atoms with Gasteiger partial charge < -0.3 is 10.2 Å². The summed E-state index contributed by atoms with van der Waals surface area (Å²) in [5.74, 6) is 0. The van der Waals surface area contributed by atoms with E-state index in [1.165, 1.54) is 5.56 Å². The van der Waals surface area contributed by atoms with E-state index >= 15 is 0 Å². The molecule has 3 nitrogen and oxygen atoms in total. The smallest absolute Gasteiger partial charge is 0.0375 e. The fourth-order valence-corrected chi connectivity index (χ4v) is 1.37. The number of hydrogen-bond acceptors (Lipinski definition) is 3. The first-order valence-corrected chi connectivity index (χ1v) is 5.53. The number of likely N-dealkylation sites (N-methyl/N-ethyl adjacent to an activating group) is 1. The summed E-state index contributed by atoms with van der Waals surface area (Å²) in [4.78, 5) is 6.47. The Morgan fingerprint density at radius 1 is 1.47 bits per heavy atom. The molecule has 0 fully saturated rings. The van der Waals surface area contributed by atoms with E-state index in [1.54, 1.807) is 0 Å². The summed E-state index contributed by atoms with van der Waals surface area (Å²) >= 11 is 0. The van der Waals surface area contributed by atoms with Crippen molar-refractivity contribution in [2.75, 3.05) is 26.7 Å². The number of nitrogens with one attached hydrogen (secondary N) is 1. The first-order chi connectivity index (χ1) is 7.22. The summed E-state index contributed by atoms with van der Waals surface area (Å²) in [6.07, 6.45) is 1.87. The first kappa shape index (κ1) is 12.1. The van der Waals surface area contributed by atoms with Crippen LogP contribution in [0.2, 0.25) is 0 Å². The van der Waals surface area contributed by atoms with Crippen molar-refractivity contribution >= 4 is 0 Å². The number of rotatable bonds is 6. The number of nitrogens with zero attached hydrogens (tertiary/aromatic N) is 2. The van der Waals surface area contributed by atoms with E-state index < -0.39 is 0 Å². The fourth-order valence-electron chi connectivity index (χ4n) is 1.37. The summed E-state index contributed by atoms with van der Waals surface area (Å²) in [7, 11) is 2.14. The lowest BCUT2D eigenvalue weighted by Gasteiger charge is -2.13. The minimum atomic E-state index is 0.931. The lowest BCUT2D eigenvalue weighted by atomic mass is 10.2. The Balaban J connectivity index is 2.20. The molecule has 1 rings (SSSR count). The number of pyridine rings is 1. The second-order valence-electron chi connectivity index (χ2n) is 3.88. The molecule has 0 aliphatic rings. The van der Waals surface area contributed by atoms with Crippen LogP contribution in [0.5, 0.6) is 0 Å². The highest BCUT2D eigenvalue weighted by atomic mass is 15.1. The van der Waals surface area contributed by atoms with Crippen LogP contribution in [0.15, 0.2) is 18.3 Å². The van der Waals surface area contributed by atoms with E-state index in [4.69, 9.17) is 0 Å². The number of aryl methyl sites for hydroxylation is 1. The highest BCUT2D eigenvalue weighted by Crippen LogP contribution is 1.99. The molecule has 0 spiro atoms. The SMILES string of the molecule is CCN(C)CCNCc1ccnc(C)c1. The monoisotopic (exact) mass is 207 g/mol. The lowest BCUT2D eigenvalue weighted by molar-refractivity contribution is 0.349. The van der Waals surface area contributed by atoms with E-state index in [1.807, 2.05) is 13.1 Å². The minimum Gasteiger partial charge on any atom is -0.311 e. The zero-order valence-electron chi connectivity index (χ0n) is 9.95. The molecule has 1 N–H and O–H groups in total. The molecular formula is C12H21N3. The van der Waals surface area contributed by atoms with Crippen molar-refractivity contribution in [3.63, 3.8) is 0 Å². The largest absolute Gasteiger partial charge is 0.311 e. The van der Waals surface area contributed by atoms with Crippen LogP contribution in [-0.2, 0) is 6.54 Å². The molecule has 1 aromatic heterocycles. The van der Waals surface area contributed by atoms with Gasteiger partial charge in [-0.05, 0) is 38.2 Å². The standard InChI is InChI=1S/C12H21N3/c1-4-15(3)8-7-13-10-12-5-6-14-11(2)9-12/h5-6,9,13H,4,7-8,10H2,1-3H3. The topological polar surface area (TPSA) is 28.2 Å². The van der Waals surface area contributed by atoms with Crippen LogP contribution in [-0.4, -0.2) is 36.6 Å². The summed E-state index contributed by atoms with van der Waals surface area (Å²) in [6, 6.07) is 4.18. The Morgan fingerprint density at radius 2 is 2.27 bits per heavy atom. The quantitative estimate of drug-likeness (QED) is 0.715. The van der Waals surface area contributed by atoms with Gasteiger partial charge in [0.15, 0.2) is 0 Å². The number of hydrogen-bond donors (Lipinski definition) is 1. The van der Waals surface area contributed by atoms with Crippen molar-refractivity contribution in [3.05, 3.63) is 29.6 Å². The van der Waals surface area contributed by atoms with Gasteiger partial charge in [0, 0.05) is 31.5 Å². The number of aromatic nitrogens is 1. The van der Waals surface area contributed by atoms with Crippen LogP contribution in [0.25, 0.3) is 0 Å². The van der Waals surface area contributed by atoms with Gasteiger partial charge in [0.1, 0.15) is 0 Å². The fraction of sp³-hybridized carbons (Fsp3) is 0.583. The molecule has 0 unspecified atom stereocenters. The maximum absolute atomic E-state index is 4.17. The molecule has 1 heterocycles. The molecule has 3 heteroatoms. The lowest BCUT2D eigenvalue weighted by Crippen LogP contribution is -2.28. The molecule has 0 bridgehead atoms. The van der Waals surface area contributed by atoms with Crippen molar-refractivity contribution in [3.8, 4) is 0 Å². The molecule has 0 aliphatic carbocycles. The third kappa shape index (κ3) is 4.91. The third-order valence-corrected chi connectivity index (χ3v) is 2.50. The van der Waals surface area contributed by atoms with Gasteiger partial charge in [0.05, 0.1) is 0 Å². The average Bonchev–Trinajstić information content (AvgIpc) is 2.24. The van der Waals surface area contributed by atoms with Crippen LogP contribution >= 0.6 is 0 Å². The second-order valence-corrected chi connectivity index (χ2v) is 3.88. The zero-order valence-corrected chi connectivity index (χ0v) is 9.95. The minimum absolute atomic E-state index is 0.931. The Morgan fingerprint density at radius 3 is 2.93 bits per heavy atom. The average molecular weight is 207 g/mol. The van der Waals surface area contributed by atoms with Crippen molar-refractivity contribution < 1.29 is 0 Å². The molecule has 0 radical (unpaired) electrons. The van der Waals surface area contributed by atoms with E-state index in [9.17, 15) is 0 Å². The van der Waals surface area contributed by atoms with Crippen LogP contribution in [0, 0.1) is 6.92 Å². The Bertz CT molecular complexity index is 286. The van der Waals surface area contributed by atoms with Crippen molar-refractivity contribution in [1.82, 2.24) is 15.2 Å². The Kier molecular flexibility index (Phi) is 5.29. The molecule has 0 atom stereocenters. The second kappa shape index (κ2) is 6.53. The summed E-state index contributed by atoms with van der Waals surface area (Å²) in [5.41, 5.74) is 2.39. The van der Waals surface area contributed by atoms with Gasteiger partial charge in [-0.1, -0.05) is 6.92 Å². The van der Waals surface area contributed by atoms with Crippen LogP contribution in [0.3, 0.4) is 0 Å². The van der Waals surface area contributed by atoms with Crippen LogP contribution < -0.4 is 5.32 Å². The zero-order chi connectivity index (χ0) is 11.1. The van der Waals surface area contributed by atoms with Gasteiger partial charge in [-0.25, -0.2) is 0 Å². The van der Waals surface area contributed by atoms with Gasteiger partial charge in [0.25, 0.3) is 0 Å². The normalized spacial score (nSPS) is 10.9. The predicted octanol–water partition coefficient (Wildman–Crippen LogP) is 1.43. The van der Waals surface area contributed by atoms with Gasteiger partial charge >= 0.3 is 0 Å². The molecule has 84 valence electrons.